The number of aromatic nitrogens is 2. The van der Waals surface area contributed by atoms with E-state index in [-0.39, 0.29) is 24.0 Å². The van der Waals surface area contributed by atoms with E-state index in [1.54, 1.807) is 0 Å². The molecule has 1 fully saturated rings. The molecule has 1 aliphatic heterocycles. The van der Waals surface area contributed by atoms with Gasteiger partial charge in [0.1, 0.15) is 0 Å². The Labute approximate surface area is 146 Å². The van der Waals surface area contributed by atoms with Crippen molar-refractivity contribution in [3.63, 3.8) is 0 Å². The summed E-state index contributed by atoms with van der Waals surface area (Å²) in [5.74, 6) is 0.728. The molecule has 0 unspecified atom stereocenters. The summed E-state index contributed by atoms with van der Waals surface area (Å²) in [5.41, 5.74) is 3.37. The first-order valence-electron chi connectivity index (χ1n) is 9.19. The molecule has 0 aromatic carbocycles. The van der Waals surface area contributed by atoms with E-state index in [1.165, 1.54) is 5.56 Å². The molecule has 0 bridgehead atoms. The Balaban J connectivity index is 1.89. The first kappa shape index (κ1) is 19.0. The molecule has 1 aromatic heterocycles. The van der Waals surface area contributed by atoms with E-state index < -0.39 is 0 Å². The van der Waals surface area contributed by atoms with Gasteiger partial charge < -0.3 is 10.1 Å². The van der Waals surface area contributed by atoms with Crippen molar-refractivity contribution in [2.24, 2.45) is 18.9 Å². The fraction of sp³-hybridized carbons (Fsp3) is 0.789. The van der Waals surface area contributed by atoms with Crippen molar-refractivity contribution < 1.29 is 9.53 Å². The third-order valence-corrected chi connectivity index (χ3v) is 5.06. The number of carbonyl (C=O) groups excluding carboxylic acids is 1. The van der Waals surface area contributed by atoms with E-state index in [0.717, 1.165) is 43.7 Å². The number of amides is 1. The van der Waals surface area contributed by atoms with Gasteiger partial charge in [0.2, 0.25) is 5.91 Å². The van der Waals surface area contributed by atoms with E-state index in [9.17, 15) is 4.79 Å². The van der Waals surface area contributed by atoms with Crippen molar-refractivity contribution in [3.05, 3.63) is 17.0 Å². The molecule has 0 aliphatic carbocycles. The molecule has 3 atom stereocenters. The third kappa shape index (κ3) is 4.82. The molecule has 136 valence electrons. The van der Waals surface area contributed by atoms with Crippen LogP contribution in [0.4, 0.5) is 0 Å². The summed E-state index contributed by atoms with van der Waals surface area (Å²) < 4.78 is 7.72. The number of ether oxygens (including phenoxy) is 1. The second kappa shape index (κ2) is 8.15. The molecule has 1 aliphatic rings. The number of hydrogen-bond acceptors (Lipinski definition) is 3. The summed E-state index contributed by atoms with van der Waals surface area (Å²) in [4.78, 5) is 12.6. The van der Waals surface area contributed by atoms with Crippen LogP contribution in [0.3, 0.4) is 0 Å². The largest absolute Gasteiger partial charge is 0.378 e. The average molecular weight is 335 g/mol. The highest BCUT2D eigenvalue weighted by Crippen LogP contribution is 2.21. The Morgan fingerprint density at radius 3 is 2.67 bits per heavy atom. The molecule has 1 N–H and O–H groups in total. The van der Waals surface area contributed by atoms with Gasteiger partial charge in [-0.15, -0.1) is 0 Å². The van der Waals surface area contributed by atoms with Gasteiger partial charge in [0, 0.05) is 31.3 Å². The number of aryl methyl sites for hydroxylation is 2. The Morgan fingerprint density at radius 1 is 1.38 bits per heavy atom. The maximum atomic E-state index is 12.6. The van der Waals surface area contributed by atoms with E-state index in [4.69, 9.17) is 4.74 Å². The number of rotatable bonds is 6. The van der Waals surface area contributed by atoms with Crippen molar-refractivity contribution in [2.45, 2.75) is 72.4 Å². The van der Waals surface area contributed by atoms with Gasteiger partial charge in [-0.25, -0.2) is 0 Å². The summed E-state index contributed by atoms with van der Waals surface area (Å²) >= 11 is 0. The van der Waals surface area contributed by atoms with E-state index in [1.807, 2.05) is 25.6 Å². The van der Waals surface area contributed by atoms with Crippen LogP contribution in [-0.2, 0) is 23.0 Å². The van der Waals surface area contributed by atoms with E-state index in [2.05, 4.69) is 31.2 Å². The minimum Gasteiger partial charge on any atom is -0.378 e. The van der Waals surface area contributed by atoms with Crippen LogP contribution < -0.4 is 5.32 Å². The fourth-order valence-corrected chi connectivity index (χ4v) is 3.56. The molecule has 2 rings (SSSR count). The van der Waals surface area contributed by atoms with Gasteiger partial charge in [-0.3, -0.25) is 9.48 Å². The van der Waals surface area contributed by atoms with Crippen LogP contribution in [0.1, 0.15) is 57.0 Å². The molecule has 1 saturated heterocycles. The standard InChI is InChI=1S/C19H33N3O2/c1-12(2)9-17-11-16(7-8-24-17)20-19(23)13(3)10-18-14(4)21-22(6)15(18)5/h12-13,16-17H,7-11H2,1-6H3,(H,20,23)/t13-,16-,17-/m0/s1. The first-order chi connectivity index (χ1) is 11.3. The molecular weight excluding hydrogens is 302 g/mol. The lowest BCUT2D eigenvalue weighted by molar-refractivity contribution is -0.126. The summed E-state index contributed by atoms with van der Waals surface area (Å²) in [6.45, 7) is 11.3. The van der Waals surface area contributed by atoms with Gasteiger partial charge in [0.05, 0.1) is 11.8 Å². The summed E-state index contributed by atoms with van der Waals surface area (Å²) in [6, 6.07) is 0.244. The highest BCUT2D eigenvalue weighted by atomic mass is 16.5. The Bertz CT molecular complexity index is 565. The molecule has 0 saturated carbocycles. The van der Waals surface area contributed by atoms with Gasteiger partial charge in [-0.05, 0) is 51.0 Å². The van der Waals surface area contributed by atoms with Crippen LogP contribution in [0.25, 0.3) is 0 Å². The summed E-state index contributed by atoms with van der Waals surface area (Å²) in [5, 5.41) is 7.69. The lowest BCUT2D eigenvalue weighted by atomic mass is 9.94. The molecular formula is C19H33N3O2. The smallest absolute Gasteiger partial charge is 0.223 e. The molecule has 1 amide bonds. The van der Waals surface area contributed by atoms with Gasteiger partial charge in [-0.1, -0.05) is 20.8 Å². The van der Waals surface area contributed by atoms with Crippen LogP contribution >= 0.6 is 0 Å². The zero-order valence-electron chi connectivity index (χ0n) is 16.1. The molecule has 1 aromatic rings. The van der Waals surface area contributed by atoms with Crippen LogP contribution in [0.2, 0.25) is 0 Å². The Morgan fingerprint density at radius 2 is 2.08 bits per heavy atom. The third-order valence-electron chi connectivity index (χ3n) is 5.06. The van der Waals surface area contributed by atoms with Crippen LogP contribution in [0.5, 0.6) is 0 Å². The minimum atomic E-state index is -0.0435. The van der Waals surface area contributed by atoms with Gasteiger partial charge in [0.15, 0.2) is 0 Å². The Hall–Kier alpha value is -1.36. The van der Waals surface area contributed by atoms with Gasteiger partial charge in [0.25, 0.3) is 0 Å². The van der Waals surface area contributed by atoms with Crippen molar-refractivity contribution in [1.82, 2.24) is 15.1 Å². The number of nitrogens with one attached hydrogen (secondary N) is 1. The number of nitrogens with zero attached hydrogens (tertiary/aromatic N) is 2. The average Bonchev–Trinajstić information content (AvgIpc) is 2.73. The van der Waals surface area contributed by atoms with Gasteiger partial charge in [-0.2, -0.15) is 5.10 Å². The maximum Gasteiger partial charge on any atom is 0.223 e. The monoisotopic (exact) mass is 335 g/mol. The molecule has 0 radical (unpaired) electrons. The lowest BCUT2D eigenvalue weighted by Gasteiger charge is -2.31. The fourth-order valence-electron chi connectivity index (χ4n) is 3.56. The zero-order valence-corrected chi connectivity index (χ0v) is 16.1. The predicted octanol–water partition coefficient (Wildman–Crippen LogP) is 2.93. The van der Waals surface area contributed by atoms with Crippen LogP contribution in [0, 0.1) is 25.7 Å². The highest BCUT2D eigenvalue weighted by Gasteiger charge is 2.26. The molecule has 0 spiro atoms. The van der Waals surface area contributed by atoms with E-state index >= 15 is 0 Å². The van der Waals surface area contributed by atoms with Crippen molar-refractivity contribution in [1.29, 1.82) is 0 Å². The maximum absolute atomic E-state index is 12.6. The van der Waals surface area contributed by atoms with Crippen molar-refractivity contribution in [2.75, 3.05) is 6.61 Å². The van der Waals surface area contributed by atoms with Crippen LogP contribution in [-0.4, -0.2) is 34.4 Å². The number of hydrogen-bond donors (Lipinski definition) is 1. The highest BCUT2D eigenvalue weighted by molar-refractivity contribution is 5.79. The van der Waals surface area contributed by atoms with Gasteiger partial charge >= 0.3 is 0 Å². The minimum absolute atomic E-state index is 0.0435. The van der Waals surface area contributed by atoms with Crippen molar-refractivity contribution >= 4 is 5.91 Å². The first-order valence-corrected chi connectivity index (χ1v) is 9.19. The number of carbonyl (C=O) groups is 1. The molecule has 24 heavy (non-hydrogen) atoms. The second-order valence-electron chi connectivity index (χ2n) is 7.73. The van der Waals surface area contributed by atoms with E-state index in [0.29, 0.717) is 5.92 Å². The zero-order chi connectivity index (χ0) is 17.9. The normalized spacial score (nSPS) is 22.6. The SMILES string of the molecule is Cc1nn(C)c(C)c1C[C@H](C)C(=O)N[C@H]1CCO[C@@H](CC(C)C)C1. The second-order valence-corrected chi connectivity index (χ2v) is 7.73. The summed E-state index contributed by atoms with van der Waals surface area (Å²) in [7, 11) is 1.95. The molecule has 5 nitrogen and oxygen atoms in total. The molecule has 2 heterocycles. The lowest BCUT2D eigenvalue weighted by Crippen LogP contribution is -2.44. The van der Waals surface area contributed by atoms with Crippen LogP contribution in [0.15, 0.2) is 0 Å². The van der Waals surface area contributed by atoms with Crippen molar-refractivity contribution in [3.8, 4) is 0 Å². The Kier molecular flexibility index (Phi) is 6.44. The topological polar surface area (TPSA) is 56.2 Å². The molecule has 5 heteroatoms. The predicted molar refractivity (Wildman–Crippen MR) is 95.9 cm³/mol. The summed E-state index contributed by atoms with van der Waals surface area (Å²) in [6.07, 6.45) is 3.94. The quantitative estimate of drug-likeness (QED) is 0.869.